The van der Waals surface area contributed by atoms with Gasteiger partial charge in [-0.2, -0.15) is 0 Å². The largest absolute Gasteiger partial charge is 0.323 e. The number of aromatic amines is 2. The summed E-state index contributed by atoms with van der Waals surface area (Å²) in [6.45, 7) is 1.74. The number of imidazole rings is 1. The van der Waals surface area contributed by atoms with Gasteiger partial charge in [0, 0.05) is 18.0 Å². The van der Waals surface area contributed by atoms with E-state index >= 15 is 0 Å². The van der Waals surface area contributed by atoms with E-state index in [9.17, 15) is 9.59 Å². The molecule has 1 aliphatic heterocycles. The number of benzene rings is 1. The van der Waals surface area contributed by atoms with Crippen LogP contribution >= 0.6 is 0 Å². The van der Waals surface area contributed by atoms with E-state index in [1.54, 1.807) is 18.2 Å². The molecule has 94 valence electrons. The standard InChI is InChI=1S/C13H15N3O2/c17-12(9-2-1-5-14-7-9)8-3-4-10-11(6-8)16-13(18)15-10/h3-4,6,9,14H,1-2,5,7H2,(H2,15,16,18). The predicted molar refractivity (Wildman–Crippen MR) is 68.8 cm³/mol. The highest BCUT2D eigenvalue weighted by Gasteiger charge is 2.22. The zero-order valence-electron chi connectivity index (χ0n) is 9.95. The molecule has 3 rings (SSSR count). The number of Topliss-reactive ketones (excluding diaryl/α,β-unsaturated/α-hetero) is 1. The summed E-state index contributed by atoms with van der Waals surface area (Å²) < 4.78 is 0. The number of H-pyrrole nitrogens is 2. The molecule has 0 aliphatic carbocycles. The Morgan fingerprint density at radius 2 is 2.06 bits per heavy atom. The van der Waals surface area contributed by atoms with Gasteiger partial charge in [-0.3, -0.25) is 4.79 Å². The van der Waals surface area contributed by atoms with Crippen LogP contribution in [0.15, 0.2) is 23.0 Å². The third-order valence-corrected chi connectivity index (χ3v) is 3.47. The average Bonchev–Trinajstić information content (AvgIpc) is 2.78. The van der Waals surface area contributed by atoms with Gasteiger partial charge in [0.05, 0.1) is 11.0 Å². The van der Waals surface area contributed by atoms with Crippen LogP contribution in [0.2, 0.25) is 0 Å². The van der Waals surface area contributed by atoms with E-state index < -0.39 is 0 Å². The third kappa shape index (κ3) is 1.97. The Morgan fingerprint density at radius 1 is 1.22 bits per heavy atom. The Kier molecular flexibility index (Phi) is 2.76. The SMILES string of the molecule is O=C(c1ccc2[nH]c(=O)[nH]c2c1)C1CCCNC1. The fourth-order valence-corrected chi connectivity index (χ4v) is 2.50. The van der Waals surface area contributed by atoms with Gasteiger partial charge in [0.1, 0.15) is 0 Å². The van der Waals surface area contributed by atoms with Crippen LogP contribution in [0.1, 0.15) is 23.2 Å². The van der Waals surface area contributed by atoms with Crippen LogP contribution in [0.5, 0.6) is 0 Å². The van der Waals surface area contributed by atoms with Gasteiger partial charge in [0.2, 0.25) is 0 Å². The number of aromatic nitrogens is 2. The van der Waals surface area contributed by atoms with Crippen LogP contribution in [0.4, 0.5) is 0 Å². The molecule has 5 heteroatoms. The molecule has 5 nitrogen and oxygen atoms in total. The third-order valence-electron chi connectivity index (χ3n) is 3.47. The molecule has 0 saturated carbocycles. The first kappa shape index (κ1) is 11.2. The molecule has 1 saturated heterocycles. The number of rotatable bonds is 2. The van der Waals surface area contributed by atoms with Crippen molar-refractivity contribution in [2.75, 3.05) is 13.1 Å². The van der Waals surface area contributed by atoms with Gasteiger partial charge in [-0.25, -0.2) is 4.79 Å². The van der Waals surface area contributed by atoms with Gasteiger partial charge in [0.15, 0.2) is 5.78 Å². The van der Waals surface area contributed by atoms with Crippen molar-refractivity contribution in [1.29, 1.82) is 0 Å². The maximum absolute atomic E-state index is 12.3. The second kappa shape index (κ2) is 4.42. The van der Waals surface area contributed by atoms with Gasteiger partial charge in [-0.05, 0) is 37.6 Å². The molecule has 2 heterocycles. The molecule has 3 N–H and O–H groups in total. The summed E-state index contributed by atoms with van der Waals surface area (Å²) in [6, 6.07) is 5.31. The first-order chi connectivity index (χ1) is 8.74. The van der Waals surface area contributed by atoms with Crippen molar-refractivity contribution >= 4 is 16.8 Å². The maximum Gasteiger partial charge on any atom is 0.323 e. The number of ketones is 1. The lowest BCUT2D eigenvalue weighted by Gasteiger charge is -2.21. The molecule has 1 atom stereocenters. The van der Waals surface area contributed by atoms with E-state index in [1.807, 2.05) is 0 Å². The number of carbonyl (C=O) groups excluding carboxylic acids is 1. The summed E-state index contributed by atoms with van der Waals surface area (Å²) >= 11 is 0. The first-order valence-electron chi connectivity index (χ1n) is 6.21. The van der Waals surface area contributed by atoms with Gasteiger partial charge < -0.3 is 15.3 Å². The summed E-state index contributed by atoms with van der Waals surface area (Å²) in [4.78, 5) is 28.8. The summed E-state index contributed by atoms with van der Waals surface area (Å²) in [5.74, 6) is 0.216. The number of hydrogen-bond acceptors (Lipinski definition) is 3. The summed E-state index contributed by atoms with van der Waals surface area (Å²) in [6.07, 6.45) is 1.98. The quantitative estimate of drug-likeness (QED) is 0.692. The molecule has 0 radical (unpaired) electrons. The molecular weight excluding hydrogens is 230 g/mol. The van der Waals surface area contributed by atoms with Crippen molar-refractivity contribution in [3.8, 4) is 0 Å². The minimum atomic E-state index is -0.242. The minimum absolute atomic E-state index is 0.0573. The number of carbonyl (C=O) groups is 1. The van der Waals surface area contributed by atoms with Crippen molar-refractivity contribution in [3.05, 3.63) is 34.2 Å². The van der Waals surface area contributed by atoms with Crippen molar-refractivity contribution in [3.63, 3.8) is 0 Å². The molecule has 1 aromatic heterocycles. The lowest BCUT2D eigenvalue weighted by atomic mass is 9.91. The molecule has 1 aliphatic rings. The van der Waals surface area contributed by atoms with E-state index in [0.717, 1.165) is 31.4 Å². The van der Waals surface area contributed by atoms with E-state index in [1.165, 1.54) is 0 Å². The van der Waals surface area contributed by atoms with E-state index in [4.69, 9.17) is 0 Å². The lowest BCUT2D eigenvalue weighted by molar-refractivity contribution is 0.0900. The molecular formula is C13H15N3O2. The Morgan fingerprint density at radius 3 is 2.83 bits per heavy atom. The highest BCUT2D eigenvalue weighted by Crippen LogP contribution is 2.18. The monoisotopic (exact) mass is 245 g/mol. The van der Waals surface area contributed by atoms with Gasteiger partial charge in [-0.1, -0.05) is 0 Å². The summed E-state index contributed by atoms with van der Waals surface area (Å²) in [5.41, 5.74) is 1.85. The van der Waals surface area contributed by atoms with Gasteiger partial charge >= 0.3 is 5.69 Å². The normalized spacial score (nSPS) is 20.1. The molecule has 1 fully saturated rings. The van der Waals surface area contributed by atoms with Crippen molar-refractivity contribution in [1.82, 2.24) is 15.3 Å². The predicted octanol–water partition coefficient (Wildman–Crippen LogP) is 1.04. The number of nitrogens with one attached hydrogen (secondary N) is 3. The Bertz CT molecular complexity index is 635. The Balaban J connectivity index is 1.92. The van der Waals surface area contributed by atoms with E-state index in [-0.39, 0.29) is 17.4 Å². The zero-order chi connectivity index (χ0) is 12.5. The number of hydrogen-bond donors (Lipinski definition) is 3. The fraction of sp³-hybridized carbons (Fsp3) is 0.385. The highest BCUT2D eigenvalue weighted by atomic mass is 16.1. The van der Waals surface area contributed by atoms with Crippen molar-refractivity contribution in [2.24, 2.45) is 5.92 Å². The lowest BCUT2D eigenvalue weighted by Crippen LogP contribution is -2.34. The van der Waals surface area contributed by atoms with Crippen LogP contribution in [0.25, 0.3) is 11.0 Å². The fourth-order valence-electron chi connectivity index (χ4n) is 2.50. The second-order valence-corrected chi connectivity index (χ2v) is 4.75. The average molecular weight is 245 g/mol. The summed E-state index contributed by atoms with van der Waals surface area (Å²) in [5, 5.41) is 3.24. The van der Waals surface area contributed by atoms with Crippen LogP contribution in [0.3, 0.4) is 0 Å². The number of fused-ring (bicyclic) bond motifs is 1. The van der Waals surface area contributed by atoms with Crippen molar-refractivity contribution < 1.29 is 4.79 Å². The topological polar surface area (TPSA) is 77.8 Å². The van der Waals surface area contributed by atoms with E-state index in [2.05, 4.69) is 15.3 Å². The molecule has 1 unspecified atom stereocenters. The minimum Gasteiger partial charge on any atom is -0.316 e. The molecule has 2 aromatic rings. The highest BCUT2D eigenvalue weighted by molar-refractivity contribution is 6.00. The van der Waals surface area contributed by atoms with Gasteiger partial charge in [-0.15, -0.1) is 0 Å². The summed E-state index contributed by atoms with van der Waals surface area (Å²) in [7, 11) is 0. The maximum atomic E-state index is 12.3. The van der Waals surface area contributed by atoms with Crippen LogP contribution < -0.4 is 11.0 Å². The molecule has 0 bridgehead atoms. The van der Waals surface area contributed by atoms with E-state index in [0.29, 0.717) is 11.1 Å². The molecule has 0 amide bonds. The molecule has 1 aromatic carbocycles. The second-order valence-electron chi connectivity index (χ2n) is 4.75. The zero-order valence-corrected chi connectivity index (χ0v) is 9.95. The molecule has 0 spiro atoms. The Labute approximate surface area is 104 Å². The van der Waals surface area contributed by atoms with Crippen molar-refractivity contribution in [2.45, 2.75) is 12.8 Å². The van der Waals surface area contributed by atoms with Crippen LogP contribution in [-0.4, -0.2) is 28.8 Å². The smallest absolute Gasteiger partial charge is 0.316 e. The van der Waals surface area contributed by atoms with Crippen LogP contribution in [-0.2, 0) is 0 Å². The first-order valence-corrected chi connectivity index (χ1v) is 6.21. The van der Waals surface area contributed by atoms with Crippen LogP contribution in [0, 0.1) is 5.92 Å². The Hall–Kier alpha value is -1.88. The van der Waals surface area contributed by atoms with Gasteiger partial charge in [0.25, 0.3) is 0 Å². The number of piperidine rings is 1. The molecule has 18 heavy (non-hydrogen) atoms.